The van der Waals surface area contributed by atoms with E-state index in [2.05, 4.69) is 25.9 Å². The summed E-state index contributed by atoms with van der Waals surface area (Å²) in [5, 5.41) is 0. The third-order valence-corrected chi connectivity index (χ3v) is 3.94. The van der Waals surface area contributed by atoms with Crippen molar-refractivity contribution in [1.29, 1.82) is 0 Å². The van der Waals surface area contributed by atoms with Crippen LogP contribution in [0.5, 0.6) is 0 Å². The van der Waals surface area contributed by atoms with E-state index >= 15 is 0 Å². The Hall–Kier alpha value is -0.120. The second-order valence-electron chi connectivity index (χ2n) is 5.26. The van der Waals surface area contributed by atoms with Gasteiger partial charge in [0, 0.05) is 18.7 Å². The average Bonchev–Trinajstić information content (AvgIpc) is 2.17. The molecule has 15 heavy (non-hydrogen) atoms. The lowest BCUT2D eigenvalue weighted by Gasteiger charge is -2.48. The van der Waals surface area contributed by atoms with E-state index in [-0.39, 0.29) is 11.6 Å². The van der Waals surface area contributed by atoms with Crippen LogP contribution in [0.3, 0.4) is 0 Å². The number of hydrogen-bond acceptors (Lipinski definition) is 3. The Morgan fingerprint density at radius 1 is 1.53 bits per heavy atom. The first kappa shape index (κ1) is 12.9. The maximum absolute atomic E-state index is 6.29. The average molecular weight is 214 g/mol. The second kappa shape index (κ2) is 5.28. The molecule has 1 fully saturated rings. The van der Waals surface area contributed by atoms with Gasteiger partial charge in [-0.3, -0.25) is 0 Å². The van der Waals surface area contributed by atoms with E-state index in [0.29, 0.717) is 6.61 Å². The van der Waals surface area contributed by atoms with Gasteiger partial charge in [-0.2, -0.15) is 0 Å². The Bertz CT molecular complexity index is 196. The standard InChI is InChI=1S/C12H26N2O/c1-10-6-5-7-12(8-10,14(2)3)11(13)9-15-4/h10-11H,5-9,13H2,1-4H3. The molecule has 3 nitrogen and oxygen atoms in total. The Kier molecular flexibility index (Phi) is 4.56. The molecule has 0 aromatic rings. The van der Waals surface area contributed by atoms with Gasteiger partial charge in [-0.1, -0.05) is 19.8 Å². The van der Waals surface area contributed by atoms with Gasteiger partial charge in [-0.25, -0.2) is 0 Å². The molecular formula is C12H26N2O. The summed E-state index contributed by atoms with van der Waals surface area (Å²) in [4.78, 5) is 2.31. The summed E-state index contributed by atoms with van der Waals surface area (Å²) in [7, 11) is 6.02. The molecule has 2 N–H and O–H groups in total. The van der Waals surface area contributed by atoms with Gasteiger partial charge >= 0.3 is 0 Å². The highest BCUT2D eigenvalue weighted by Gasteiger charge is 2.41. The lowest BCUT2D eigenvalue weighted by molar-refractivity contribution is 0.0205. The number of ether oxygens (including phenoxy) is 1. The van der Waals surface area contributed by atoms with Gasteiger partial charge in [0.05, 0.1) is 6.61 Å². The molecule has 0 amide bonds. The lowest BCUT2D eigenvalue weighted by atomic mass is 9.71. The predicted octanol–water partition coefficient (Wildman–Crippen LogP) is 1.47. The third-order valence-electron chi connectivity index (χ3n) is 3.94. The van der Waals surface area contributed by atoms with Crippen molar-refractivity contribution in [2.75, 3.05) is 27.8 Å². The van der Waals surface area contributed by atoms with Crippen molar-refractivity contribution in [3.05, 3.63) is 0 Å². The molecule has 0 bridgehead atoms. The zero-order valence-electron chi connectivity index (χ0n) is 10.6. The van der Waals surface area contributed by atoms with Crippen LogP contribution in [0.25, 0.3) is 0 Å². The van der Waals surface area contributed by atoms with Crippen LogP contribution in [0.2, 0.25) is 0 Å². The van der Waals surface area contributed by atoms with Crippen LogP contribution in [-0.4, -0.2) is 44.3 Å². The highest BCUT2D eigenvalue weighted by molar-refractivity contribution is 5.00. The van der Waals surface area contributed by atoms with E-state index in [1.807, 2.05) is 0 Å². The van der Waals surface area contributed by atoms with Crippen molar-refractivity contribution >= 4 is 0 Å². The van der Waals surface area contributed by atoms with Gasteiger partial charge in [0.25, 0.3) is 0 Å². The van der Waals surface area contributed by atoms with Gasteiger partial charge < -0.3 is 15.4 Å². The lowest BCUT2D eigenvalue weighted by Crippen LogP contribution is -2.61. The molecule has 0 saturated heterocycles. The van der Waals surface area contributed by atoms with Gasteiger partial charge in [0.2, 0.25) is 0 Å². The molecule has 1 saturated carbocycles. The van der Waals surface area contributed by atoms with Crippen molar-refractivity contribution in [1.82, 2.24) is 4.90 Å². The monoisotopic (exact) mass is 214 g/mol. The van der Waals surface area contributed by atoms with Crippen LogP contribution < -0.4 is 5.73 Å². The van der Waals surface area contributed by atoms with Gasteiger partial charge in [-0.15, -0.1) is 0 Å². The molecule has 3 atom stereocenters. The number of nitrogens with zero attached hydrogens (tertiary/aromatic N) is 1. The predicted molar refractivity (Wildman–Crippen MR) is 63.9 cm³/mol. The van der Waals surface area contributed by atoms with E-state index in [9.17, 15) is 0 Å². The Balaban J connectivity index is 2.77. The molecule has 1 aliphatic carbocycles. The van der Waals surface area contributed by atoms with Crippen molar-refractivity contribution in [3.8, 4) is 0 Å². The van der Waals surface area contributed by atoms with E-state index in [4.69, 9.17) is 10.5 Å². The molecule has 3 heteroatoms. The van der Waals surface area contributed by atoms with Crippen molar-refractivity contribution in [2.45, 2.75) is 44.2 Å². The maximum atomic E-state index is 6.29. The molecule has 0 aromatic heterocycles. The second-order valence-corrected chi connectivity index (χ2v) is 5.26. The number of methoxy groups -OCH3 is 1. The largest absolute Gasteiger partial charge is 0.383 e. The first-order valence-corrected chi connectivity index (χ1v) is 5.95. The zero-order valence-corrected chi connectivity index (χ0v) is 10.6. The molecule has 1 rings (SSSR count). The first-order valence-electron chi connectivity index (χ1n) is 5.95. The molecule has 3 unspecified atom stereocenters. The van der Waals surface area contributed by atoms with E-state index < -0.39 is 0 Å². The molecular weight excluding hydrogens is 188 g/mol. The van der Waals surface area contributed by atoms with Crippen LogP contribution in [0.4, 0.5) is 0 Å². The molecule has 0 heterocycles. The minimum atomic E-state index is 0.125. The van der Waals surface area contributed by atoms with Crippen LogP contribution in [-0.2, 0) is 4.74 Å². The van der Waals surface area contributed by atoms with Crippen molar-refractivity contribution in [3.63, 3.8) is 0 Å². The maximum Gasteiger partial charge on any atom is 0.0631 e. The smallest absolute Gasteiger partial charge is 0.0631 e. The van der Waals surface area contributed by atoms with Crippen molar-refractivity contribution in [2.24, 2.45) is 11.7 Å². The summed E-state index contributed by atoms with van der Waals surface area (Å²) in [5.41, 5.74) is 6.44. The Morgan fingerprint density at radius 3 is 2.67 bits per heavy atom. The SMILES string of the molecule is COCC(N)C1(N(C)C)CCCC(C)C1. The van der Waals surface area contributed by atoms with Gasteiger partial charge in [0.1, 0.15) is 0 Å². The summed E-state index contributed by atoms with van der Waals surface area (Å²) in [6.07, 6.45) is 5.03. The topological polar surface area (TPSA) is 38.5 Å². The normalized spacial score (nSPS) is 34.4. The van der Waals surface area contributed by atoms with E-state index in [1.54, 1.807) is 7.11 Å². The molecule has 90 valence electrons. The fraction of sp³-hybridized carbons (Fsp3) is 1.00. The highest BCUT2D eigenvalue weighted by atomic mass is 16.5. The van der Waals surface area contributed by atoms with Crippen LogP contribution in [0, 0.1) is 5.92 Å². The Labute approximate surface area is 94.0 Å². The van der Waals surface area contributed by atoms with Crippen LogP contribution >= 0.6 is 0 Å². The molecule has 0 aliphatic heterocycles. The summed E-state index contributed by atoms with van der Waals surface area (Å²) in [6.45, 7) is 2.99. The zero-order chi connectivity index (χ0) is 11.5. The summed E-state index contributed by atoms with van der Waals surface area (Å²) < 4.78 is 5.22. The molecule has 1 aliphatic rings. The van der Waals surface area contributed by atoms with Crippen molar-refractivity contribution < 1.29 is 4.74 Å². The first-order chi connectivity index (χ1) is 7.03. The number of hydrogen-bond donors (Lipinski definition) is 1. The third kappa shape index (κ3) is 2.71. The molecule has 0 spiro atoms. The summed E-state index contributed by atoms with van der Waals surface area (Å²) in [6, 6.07) is 0.125. The minimum Gasteiger partial charge on any atom is -0.383 e. The number of rotatable bonds is 4. The quantitative estimate of drug-likeness (QED) is 0.770. The Morgan fingerprint density at radius 2 is 2.20 bits per heavy atom. The van der Waals surface area contributed by atoms with Gasteiger partial charge in [0.15, 0.2) is 0 Å². The van der Waals surface area contributed by atoms with Gasteiger partial charge in [-0.05, 0) is 32.9 Å². The fourth-order valence-electron chi connectivity index (χ4n) is 2.97. The summed E-state index contributed by atoms with van der Waals surface area (Å²) >= 11 is 0. The van der Waals surface area contributed by atoms with E-state index in [1.165, 1.54) is 25.7 Å². The minimum absolute atomic E-state index is 0.125. The fourth-order valence-corrected chi connectivity index (χ4v) is 2.97. The summed E-state index contributed by atoms with van der Waals surface area (Å²) in [5.74, 6) is 0.782. The van der Waals surface area contributed by atoms with E-state index in [0.717, 1.165) is 5.92 Å². The highest BCUT2D eigenvalue weighted by Crippen LogP contribution is 2.37. The molecule has 0 radical (unpaired) electrons. The van der Waals surface area contributed by atoms with Crippen LogP contribution in [0.1, 0.15) is 32.6 Å². The number of likely N-dealkylation sites (N-methyl/N-ethyl adjacent to an activating group) is 1. The van der Waals surface area contributed by atoms with Crippen LogP contribution in [0.15, 0.2) is 0 Å². The molecule has 0 aromatic carbocycles. The number of nitrogens with two attached hydrogens (primary N) is 1.